The van der Waals surface area contributed by atoms with Gasteiger partial charge >= 0.3 is 0 Å². The minimum Gasteiger partial charge on any atom is -0.320 e. The van der Waals surface area contributed by atoms with Crippen LogP contribution in [-0.2, 0) is 0 Å². The van der Waals surface area contributed by atoms with Crippen LogP contribution < -0.4 is 11.1 Å². The highest BCUT2D eigenvalue weighted by atomic mass is 16.1. The number of nitrogens with two attached hydrogens (primary N) is 1. The van der Waals surface area contributed by atoms with Crippen molar-refractivity contribution >= 4 is 11.7 Å². The second-order valence-electron chi connectivity index (χ2n) is 4.66. The van der Waals surface area contributed by atoms with E-state index in [0.717, 1.165) is 16.7 Å². The van der Waals surface area contributed by atoms with E-state index in [1.165, 1.54) is 0 Å². The molecule has 3 N–H and O–H groups in total. The maximum Gasteiger partial charge on any atom is 0.256 e. The summed E-state index contributed by atoms with van der Waals surface area (Å²) in [7, 11) is 0. The molecule has 1 aromatic heterocycles. The Labute approximate surface area is 124 Å². The van der Waals surface area contributed by atoms with E-state index in [9.17, 15) is 4.79 Å². The number of nitrogens with zero attached hydrogens (tertiary/aromatic N) is 1. The van der Waals surface area contributed by atoms with Crippen LogP contribution in [0.2, 0.25) is 0 Å². The molecule has 0 radical (unpaired) electrons. The van der Waals surface area contributed by atoms with Crippen LogP contribution in [0, 0.1) is 25.7 Å². The summed E-state index contributed by atoms with van der Waals surface area (Å²) in [6.45, 7) is 4.14. The van der Waals surface area contributed by atoms with Crippen LogP contribution in [0.25, 0.3) is 0 Å². The van der Waals surface area contributed by atoms with Crippen LogP contribution in [0.15, 0.2) is 36.5 Å². The number of pyridine rings is 1. The first kappa shape index (κ1) is 14.8. The number of hydrogen-bond acceptors (Lipinski definition) is 3. The van der Waals surface area contributed by atoms with Crippen molar-refractivity contribution in [1.29, 1.82) is 0 Å². The van der Waals surface area contributed by atoms with E-state index < -0.39 is 0 Å². The molecule has 1 aromatic carbocycles. The predicted octanol–water partition coefficient (Wildman–Crippen LogP) is 2.26. The van der Waals surface area contributed by atoms with Gasteiger partial charge in [-0.05, 0) is 43.2 Å². The molecule has 0 atom stereocenters. The second kappa shape index (κ2) is 6.69. The number of hydrogen-bond donors (Lipinski definition) is 2. The van der Waals surface area contributed by atoms with Gasteiger partial charge in [0.1, 0.15) is 5.82 Å². The van der Waals surface area contributed by atoms with Gasteiger partial charge in [0, 0.05) is 17.3 Å². The number of carbonyl (C=O) groups excluding carboxylic acids is 1. The van der Waals surface area contributed by atoms with Crippen molar-refractivity contribution in [3.05, 3.63) is 58.8 Å². The van der Waals surface area contributed by atoms with E-state index >= 15 is 0 Å². The number of benzene rings is 1. The van der Waals surface area contributed by atoms with Gasteiger partial charge in [0.25, 0.3) is 5.91 Å². The zero-order chi connectivity index (χ0) is 15.2. The zero-order valence-corrected chi connectivity index (χ0v) is 12.1. The van der Waals surface area contributed by atoms with Gasteiger partial charge in [0.05, 0.1) is 6.54 Å². The molecule has 0 saturated carbocycles. The first-order valence-electron chi connectivity index (χ1n) is 6.64. The largest absolute Gasteiger partial charge is 0.320 e. The molecule has 106 valence electrons. The fourth-order valence-corrected chi connectivity index (χ4v) is 1.84. The summed E-state index contributed by atoms with van der Waals surface area (Å²) in [4.78, 5) is 16.4. The third-order valence-electron chi connectivity index (χ3n) is 3.07. The van der Waals surface area contributed by atoms with Crippen molar-refractivity contribution in [3.8, 4) is 11.8 Å². The number of aromatic nitrogens is 1. The van der Waals surface area contributed by atoms with E-state index in [4.69, 9.17) is 5.73 Å². The molecule has 1 amide bonds. The third-order valence-corrected chi connectivity index (χ3v) is 3.07. The minimum absolute atomic E-state index is 0.201. The maximum atomic E-state index is 12.3. The molecule has 21 heavy (non-hydrogen) atoms. The van der Waals surface area contributed by atoms with Crippen molar-refractivity contribution in [2.75, 3.05) is 11.9 Å². The number of rotatable bonds is 2. The quantitative estimate of drug-likeness (QED) is 0.829. The Balaban J connectivity index is 2.26. The summed E-state index contributed by atoms with van der Waals surface area (Å²) in [6.07, 6.45) is 1.65. The highest BCUT2D eigenvalue weighted by Gasteiger charge is 2.09. The number of aryl methyl sites for hydroxylation is 2. The Morgan fingerprint density at radius 2 is 2.10 bits per heavy atom. The lowest BCUT2D eigenvalue weighted by atomic mass is 10.0. The summed E-state index contributed by atoms with van der Waals surface area (Å²) in [6, 6.07) is 9.15. The van der Waals surface area contributed by atoms with Gasteiger partial charge in [-0.25, -0.2) is 4.98 Å². The van der Waals surface area contributed by atoms with Gasteiger partial charge in [-0.15, -0.1) is 0 Å². The third kappa shape index (κ3) is 3.68. The number of anilines is 1. The number of nitrogens with one attached hydrogen (secondary N) is 1. The smallest absolute Gasteiger partial charge is 0.256 e. The monoisotopic (exact) mass is 279 g/mol. The topological polar surface area (TPSA) is 68.0 Å². The number of amides is 1. The Kier molecular flexibility index (Phi) is 4.70. The lowest BCUT2D eigenvalue weighted by Crippen LogP contribution is -2.14. The molecular formula is C17H17N3O. The van der Waals surface area contributed by atoms with Crippen LogP contribution in [0.4, 0.5) is 5.82 Å². The first-order chi connectivity index (χ1) is 10.1. The Morgan fingerprint density at radius 1 is 1.29 bits per heavy atom. The average Bonchev–Trinajstić information content (AvgIpc) is 2.48. The fraction of sp³-hybridized carbons (Fsp3) is 0.176. The molecule has 0 spiro atoms. The Hall–Kier alpha value is -2.64. The summed E-state index contributed by atoms with van der Waals surface area (Å²) >= 11 is 0. The normalized spacial score (nSPS) is 9.67. The molecule has 4 nitrogen and oxygen atoms in total. The van der Waals surface area contributed by atoms with Gasteiger partial charge in [-0.2, -0.15) is 0 Å². The highest BCUT2D eigenvalue weighted by molar-refractivity contribution is 6.04. The molecule has 0 aliphatic carbocycles. The summed E-state index contributed by atoms with van der Waals surface area (Å²) in [5.74, 6) is 6.14. The lowest BCUT2D eigenvalue weighted by molar-refractivity contribution is 0.102. The summed E-state index contributed by atoms with van der Waals surface area (Å²) in [5.41, 5.74) is 8.67. The SMILES string of the molecule is Cc1ccc(C(=O)Nc2ncccc2C)cc1C#CCN. The maximum absolute atomic E-state index is 12.3. The molecule has 0 aliphatic heterocycles. The van der Waals surface area contributed by atoms with Crippen LogP contribution in [0.3, 0.4) is 0 Å². The van der Waals surface area contributed by atoms with Crippen LogP contribution in [-0.4, -0.2) is 17.4 Å². The van der Waals surface area contributed by atoms with E-state index in [1.54, 1.807) is 18.3 Å². The molecule has 0 bridgehead atoms. The van der Waals surface area contributed by atoms with Gasteiger partial charge in [0.2, 0.25) is 0 Å². The molecule has 0 fully saturated rings. The molecule has 2 rings (SSSR count). The van der Waals surface area contributed by atoms with E-state index in [0.29, 0.717) is 17.9 Å². The minimum atomic E-state index is -0.201. The fourth-order valence-electron chi connectivity index (χ4n) is 1.84. The summed E-state index contributed by atoms with van der Waals surface area (Å²) in [5, 5.41) is 2.81. The van der Waals surface area contributed by atoms with Crippen molar-refractivity contribution in [3.63, 3.8) is 0 Å². The standard InChI is InChI=1S/C17H17N3O/c1-12-7-8-15(11-14(12)6-3-9-18)17(21)20-16-13(2)5-4-10-19-16/h4-5,7-8,10-11H,9,18H2,1-2H3,(H,19,20,21). The van der Waals surface area contributed by atoms with Gasteiger partial charge in [0.15, 0.2) is 0 Å². The molecule has 0 aliphatic rings. The second-order valence-corrected chi connectivity index (χ2v) is 4.66. The van der Waals surface area contributed by atoms with Crippen molar-refractivity contribution in [1.82, 2.24) is 4.98 Å². The molecule has 2 aromatic rings. The summed E-state index contributed by atoms with van der Waals surface area (Å²) < 4.78 is 0. The van der Waals surface area contributed by atoms with E-state index in [1.807, 2.05) is 32.0 Å². The highest BCUT2D eigenvalue weighted by Crippen LogP contribution is 2.14. The lowest BCUT2D eigenvalue weighted by Gasteiger charge is -2.08. The van der Waals surface area contributed by atoms with E-state index in [2.05, 4.69) is 22.1 Å². The van der Waals surface area contributed by atoms with Crippen molar-refractivity contribution in [2.45, 2.75) is 13.8 Å². The zero-order valence-electron chi connectivity index (χ0n) is 12.1. The number of carbonyl (C=O) groups is 1. The molecular weight excluding hydrogens is 262 g/mol. The average molecular weight is 279 g/mol. The predicted molar refractivity (Wildman–Crippen MR) is 84.0 cm³/mol. The van der Waals surface area contributed by atoms with Gasteiger partial charge < -0.3 is 11.1 Å². The molecule has 1 heterocycles. The first-order valence-corrected chi connectivity index (χ1v) is 6.64. The van der Waals surface area contributed by atoms with Gasteiger partial charge in [-0.3, -0.25) is 4.79 Å². The van der Waals surface area contributed by atoms with Crippen LogP contribution >= 0.6 is 0 Å². The van der Waals surface area contributed by atoms with Crippen molar-refractivity contribution < 1.29 is 4.79 Å². The van der Waals surface area contributed by atoms with Crippen LogP contribution in [0.5, 0.6) is 0 Å². The molecule has 0 unspecified atom stereocenters. The Bertz CT molecular complexity index is 726. The molecule has 0 saturated heterocycles. The Morgan fingerprint density at radius 3 is 2.81 bits per heavy atom. The van der Waals surface area contributed by atoms with Crippen LogP contribution in [0.1, 0.15) is 27.0 Å². The van der Waals surface area contributed by atoms with Gasteiger partial charge in [-0.1, -0.05) is 24.0 Å². The van der Waals surface area contributed by atoms with Crippen molar-refractivity contribution in [2.24, 2.45) is 5.73 Å². The van der Waals surface area contributed by atoms with E-state index in [-0.39, 0.29) is 5.91 Å². The molecule has 4 heteroatoms.